The molecule has 6 heteroatoms. The van der Waals surface area contributed by atoms with Gasteiger partial charge in [-0.15, -0.1) is 5.10 Å². The normalized spacial score (nSPS) is 17.8. The fourth-order valence-electron chi connectivity index (χ4n) is 1.54. The number of hydrogen-bond donors (Lipinski definition) is 1. The standard InChI is InChI=1S/C7H12BrN5/c1-12-7(6(8)10-11-12)13-4-2-9-3-5-13/h9H,2-5H2,1H3. The Kier molecular flexibility index (Phi) is 2.50. The van der Waals surface area contributed by atoms with Gasteiger partial charge in [-0.2, -0.15) is 0 Å². The van der Waals surface area contributed by atoms with Gasteiger partial charge in [0.15, 0.2) is 10.4 Å². The molecule has 1 aliphatic rings. The molecule has 1 saturated heterocycles. The van der Waals surface area contributed by atoms with Gasteiger partial charge in [-0.25, -0.2) is 4.68 Å². The SMILES string of the molecule is Cn1nnc(Br)c1N1CCNCC1. The quantitative estimate of drug-likeness (QED) is 0.756. The van der Waals surface area contributed by atoms with Crippen LogP contribution in [0.3, 0.4) is 0 Å². The zero-order chi connectivity index (χ0) is 9.26. The van der Waals surface area contributed by atoms with Gasteiger partial charge in [-0.3, -0.25) is 0 Å². The van der Waals surface area contributed by atoms with E-state index in [0.717, 1.165) is 36.6 Å². The van der Waals surface area contributed by atoms with Crippen LogP contribution in [0.25, 0.3) is 0 Å². The predicted octanol–water partition coefficient (Wildman–Crippen LogP) is -0.0128. The van der Waals surface area contributed by atoms with Crippen molar-refractivity contribution in [3.63, 3.8) is 0 Å². The van der Waals surface area contributed by atoms with Gasteiger partial charge >= 0.3 is 0 Å². The molecule has 2 heterocycles. The molecule has 0 aliphatic carbocycles. The first-order valence-electron chi connectivity index (χ1n) is 4.30. The minimum Gasteiger partial charge on any atom is -0.352 e. The van der Waals surface area contributed by atoms with Crippen molar-refractivity contribution in [3.8, 4) is 0 Å². The van der Waals surface area contributed by atoms with Crippen LogP contribution in [0.5, 0.6) is 0 Å². The molecule has 72 valence electrons. The van der Waals surface area contributed by atoms with Crippen LogP contribution in [0.15, 0.2) is 4.60 Å². The first kappa shape index (κ1) is 8.96. The van der Waals surface area contributed by atoms with E-state index in [1.165, 1.54) is 0 Å². The molecule has 0 amide bonds. The number of nitrogens with one attached hydrogen (secondary N) is 1. The largest absolute Gasteiger partial charge is 0.352 e. The molecule has 5 nitrogen and oxygen atoms in total. The average molecular weight is 246 g/mol. The third-order valence-corrected chi connectivity index (χ3v) is 2.69. The Balaban J connectivity index is 2.22. The molecule has 1 aromatic heterocycles. The summed E-state index contributed by atoms with van der Waals surface area (Å²) in [7, 11) is 1.91. The molecule has 0 aromatic carbocycles. The molecule has 0 radical (unpaired) electrons. The third kappa shape index (κ3) is 1.68. The lowest BCUT2D eigenvalue weighted by Crippen LogP contribution is -2.44. The second-order valence-electron chi connectivity index (χ2n) is 3.06. The van der Waals surface area contributed by atoms with E-state index in [0.29, 0.717) is 0 Å². The number of nitrogens with zero attached hydrogens (tertiary/aromatic N) is 4. The lowest BCUT2D eigenvalue weighted by atomic mass is 10.4. The Morgan fingerprint density at radius 2 is 2.08 bits per heavy atom. The highest BCUT2D eigenvalue weighted by Crippen LogP contribution is 2.22. The van der Waals surface area contributed by atoms with Gasteiger partial charge in [0, 0.05) is 33.2 Å². The molecule has 0 atom stereocenters. The number of halogens is 1. The minimum absolute atomic E-state index is 0.830. The third-order valence-electron chi connectivity index (χ3n) is 2.17. The summed E-state index contributed by atoms with van der Waals surface area (Å²) in [6.07, 6.45) is 0. The van der Waals surface area contributed by atoms with Gasteiger partial charge in [-0.05, 0) is 15.9 Å². The second kappa shape index (κ2) is 3.63. The van der Waals surface area contributed by atoms with Crippen LogP contribution in [0.1, 0.15) is 0 Å². The Labute approximate surface area is 85.2 Å². The fraction of sp³-hybridized carbons (Fsp3) is 0.714. The molecule has 1 aromatic rings. The number of aromatic nitrogens is 3. The fourth-order valence-corrected chi connectivity index (χ4v) is 2.12. The van der Waals surface area contributed by atoms with Crippen LogP contribution in [0, 0.1) is 0 Å². The summed E-state index contributed by atoms with van der Waals surface area (Å²) in [5.41, 5.74) is 0. The van der Waals surface area contributed by atoms with Crippen molar-refractivity contribution in [3.05, 3.63) is 4.60 Å². The molecule has 0 saturated carbocycles. The summed E-state index contributed by atoms with van der Waals surface area (Å²) in [5.74, 6) is 1.07. The van der Waals surface area contributed by atoms with Gasteiger partial charge in [0.25, 0.3) is 0 Å². The maximum atomic E-state index is 3.96. The van der Waals surface area contributed by atoms with Gasteiger partial charge < -0.3 is 10.2 Å². The summed E-state index contributed by atoms with van der Waals surface area (Å²) >= 11 is 3.40. The second-order valence-corrected chi connectivity index (χ2v) is 3.82. The summed E-state index contributed by atoms with van der Waals surface area (Å²) in [5, 5.41) is 11.2. The van der Waals surface area contributed by atoms with Crippen molar-refractivity contribution in [1.82, 2.24) is 20.3 Å². The summed E-state index contributed by atoms with van der Waals surface area (Å²) in [6.45, 7) is 4.08. The van der Waals surface area contributed by atoms with E-state index in [1.54, 1.807) is 4.68 Å². The van der Waals surface area contributed by atoms with E-state index in [-0.39, 0.29) is 0 Å². The number of aryl methyl sites for hydroxylation is 1. The van der Waals surface area contributed by atoms with Crippen molar-refractivity contribution < 1.29 is 0 Å². The lowest BCUT2D eigenvalue weighted by Gasteiger charge is -2.28. The van der Waals surface area contributed by atoms with Crippen LogP contribution in [0.2, 0.25) is 0 Å². The van der Waals surface area contributed by atoms with Gasteiger partial charge in [0.2, 0.25) is 0 Å². The highest BCUT2D eigenvalue weighted by Gasteiger charge is 2.17. The Morgan fingerprint density at radius 1 is 1.38 bits per heavy atom. The molecule has 1 fully saturated rings. The number of hydrogen-bond acceptors (Lipinski definition) is 4. The van der Waals surface area contributed by atoms with Crippen LogP contribution >= 0.6 is 15.9 Å². The molecule has 1 N–H and O–H groups in total. The smallest absolute Gasteiger partial charge is 0.172 e. The monoisotopic (exact) mass is 245 g/mol. The van der Waals surface area contributed by atoms with Crippen molar-refractivity contribution in [2.75, 3.05) is 31.1 Å². The first-order valence-corrected chi connectivity index (χ1v) is 5.09. The van der Waals surface area contributed by atoms with Crippen LogP contribution < -0.4 is 10.2 Å². The molecule has 1 aliphatic heterocycles. The van der Waals surface area contributed by atoms with E-state index < -0.39 is 0 Å². The summed E-state index contributed by atoms with van der Waals surface area (Å²) < 4.78 is 2.63. The lowest BCUT2D eigenvalue weighted by molar-refractivity contribution is 0.570. The van der Waals surface area contributed by atoms with E-state index in [9.17, 15) is 0 Å². The molecule has 0 bridgehead atoms. The van der Waals surface area contributed by atoms with Gasteiger partial charge in [-0.1, -0.05) is 5.21 Å². The van der Waals surface area contributed by atoms with Crippen LogP contribution in [-0.2, 0) is 7.05 Å². The number of piperazine rings is 1. The molecular formula is C7H12BrN5. The Bertz CT molecular complexity index is 272. The molecule has 0 spiro atoms. The molecule has 0 unspecified atom stereocenters. The maximum absolute atomic E-state index is 3.96. The maximum Gasteiger partial charge on any atom is 0.172 e. The van der Waals surface area contributed by atoms with Gasteiger partial charge in [0.1, 0.15) is 0 Å². The van der Waals surface area contributed by atoms with Crippen LogP contribution in [0.4, 0.5) is 5.82 Å². The van der Waals surface area contributed by atoms with Gasteiger partial charge in [0.05, 0.1) is 0 Å². The zero-order valence-corrected chi connectivity index (χ0v) is 9.08. The van der Waals surface area contributed by atoms with E-state index in [4.69, 9.17) is 0 Å². The zero-order valence-electron chi connectivity index (χ0n) is 7.50. The number of rotatable bonds is 1. The van der Waals surface area contributed by atoms with Crippen molar-refractivity contribution in [1.29, 1.82) is 0 Å². The van der Waals surface area contributed by atoms with Crippen LogP contribution in [-0.4, -0.2) is 41.2 Å². The summed E-state index contributed by atoms with van der Waals surface area (Å²) in [6, 6.07) is 0. The highest BCUT2D eigenvalue weighted by atomic mass is 79.9. The molecule has 2 rings (SSSR count). The first-order chi connectivity index (χ1) is 6.29. The van der Waals surface area contributed by atoms with Crippen molar-refractivity contribution in [2.45, 2.75) is 0 Å². The predicted molar refractivity (Wildman–Crippen MR) is 53.8 cm³/mol. The Morgan fingerprint density at radius 3 is 2.62 bits per heavy atom. The van der Waals surface area contributed by atoms with E-state index in [2.05, 4.69) is 36.5 Å². The minimum atomic E-state index is 0.830. The average Bonchev–Trinajstić information content (AvgIpc) is 2.48. The molecular weight excluding hydrogens is 234 g/mol. The highest BCUT2D eigenvalue weighted by molar-refractivity contribution is 9.10. The van der Waals surface area contributed by atoms with Crippen molar-refractivity contribution >= 4 is 21.7 Å². The van der Waals surface area contributed by atoms with E-state index >= 15 is 0 Å². The van der Waals surface area contributed by atoms with Crippen molar-refractivity contribution in [2.24, 2.45) is 7.05 Å². The summed E-state index contributed by atoms with van der Waals surface area (Å²) in [4.78, 5) is 2.28. The topological polar surface area (TPSA) is 46.0 Å². The molecule has 13 heavy (non-hydrogen) atoms. The Hall–Kier alpha value is -0.620. The number of anilines is 1. The van der Waals surface area contributed by atoms with E-state index in [1.807, 2.05) is 7.05 Å².